The number of fused-ring (bicyclic) bond motifs is 10. The topological polar surface area (TPSA) is 3.24 Å². The summed E-state index contributed by atoms with van der Waals surface area (Å²) in [6.07, 6.45) is 15.0. The highest BCUT2D eigenvalue weighted by atomic mass is 15.1. The van der Waals surface area contributed by atoms with E-state index < -0.39 is 0 Å². The minimum Gasteiger partial charge on any atom is -0.310 e. The van der Waals surface area contributed by atoms with Gasteiger partial charge in [0.15, 0.2) is 0 Å². The number of rotatable bonds is 4. The predicted molar refractivity (Wildman–Crippen MR) is 241 cm³/mol. The Morgan fingerprint density at radius 3 is 1.93 bits per heavy atom. The van der Waals surface area contributed by atoms with E-state index in [0.717, 1.165) is 23.7 Å². The van der Waals surface area contributed by atoms with E-state index >= 15 is 0 Å². The fraction of sp³-hybridized carbons (Fsp3) is 0.298. The van der Waals surface area contributed by atoms with Crippen molar-refractivity contribution >= 4 is 27.8 Å². The summed E-state index contributed by atoms with van der Waals surface area (Å²) < 4.78 is 0. The van der Waals surface area contributed by atoms with Gasteiger partial charge in [-0.15, -0.1) is 0 Å². The van der Waals surface area contributed by atoms with Crippen LogP contribution in [0.3, 0.4) is 0 Å². The van der Waals surface area contributed by atoms with Gasteiger partial charge in [0.1, 0.15) is 0 Å². The van der Waals surface area contributed by atoms with Crippen LogP contribution in [-0.4, -0.2) is 0 Å². The molecule has 5 saturated carbocycles. The van der Waals surface area contributed by atoms with Gasteiger partial charge in [0.05, 0.1) is 0 Å². The Labute approximate surface area is 343 Å². The Morgan fingerprint density at radius 1 is 0.414 bits per heavy atom. The summed E-state index contributed by atoms with van der Waals surface area (Å²) in [6, 6.07) is 59.1. The molecule has 0 heterocycles. The van der Waals surface area contributed by atoms with Crippen LogP contribution in [0, 0.1) is 23.7 Å². The lowest BCUT2D eigenvalue weighted by Gasteiger charge is -2.53. The molecular weight excluding hydrogens is 699 g/mol. The first-order valence-corrected chi connectivity index (χ1v) is 22.6. The van der Waals surface area contributed by atoms with Crippen LogP contribution in [0.15, 0.2) is 152 Å². The molecule has 5 unspecified atom stereocenters. The molecule has 4 bridgehead atoms. The molecule has 0 aliphatic heterocycles. The van der Waals surface area contributed by atoms with Crippen LogP contribution >= 0.6 is 0 Å². The summed E-state index contributed by atoms with van der Waals surface area (Å²) in [5, 5.41) is 2.59. The molecule has 0 aromatic heterocycles. The smallest absolute Gasteiger partial charge is 0.0468 e. The normalized spacial score (nSPS) is 25.4. The van der Waals surface area contributed by atoms with Gasteiger partial charge >= 0.3 is 0 Å². The van der Waals surface area contributed by atoms with Gasteiger partial charge in [-0.25, -0.2) is 0 Å². The summed E-state index contributed by atoms with van der Waals surface area (Å²) in [5.74, 6) is 3.37. The Hall–Kier alpha value is -5.40. The third-order valence-corrected chi connectivity index (χ3v) is 16.5. The lowest BCUT2D eigenvalue weighted by molar-refractivity contribution is 0.0618. The van der Waals surface area contributed by atoms with Crippen molar-refractivity contribution < 1.29 is 0 Å². The Balaban J connectivity index is 0.995. The first-order valence-electron chi connectivity index (χ1n) is 22.6. The second kappa shape index (κ2) is 12.6. The standard InChI is InChI=1S/C57H51N/c1-8-29-56(30-9-1)52-17-6-4-14-48(52)50-27-25-45(36-55(50)56)58(43-23-20-40(21-24-43)47-16-10-12-39-11-2-3-13-46(39)47)44-26-28-54-51(35-44)49-15-5-7-18-53(49)57(54)41-22-19-37-31-38(33-41)34-42(57)32-37/h2-7,10-18,20-21,23-28,35-38,41-42H,1,8-9,19,22,29-34H2. The number of benzene rings is 7. The molecular formula is C57H51N. The van der Waals surface area contributed by atoms with Gasteiger partial charge in [-0.3, -0.25) is 0 Å². The van der Waals surface area contributed by atoms with Crippen molar-refractivity contribution in [3.8, 4) is 33.4 Å². The molecule has 1 heteroatoms. The van der Waals surface area contributed by atoms with E-state index in [-0.39, 0.29) is 10.8 Å². The van der Waals surface area contributed by atoms with Gasteiger partial charge in [-0.1, -0.05) is 141 Å². The molecule has 0 amide bonds. The van der Waals surface area contributed by atoms with E-state index in [1.54, 1.807) is 22.3 Å². The third-order valence-electron chi connectivity index (χ3n) is 16.5. The molecule has 5 atom stereocenters. The number of hydrogen-bond donors (Lipinski definition) is 0. The molecule has 2 spiro atoms. The van der Waals surface area contributed by atoms with Gasteiger partial charge < -0.3 is 4.90 Å². The van der Waals surface area contributed by atoms with E-state index in [1.165, 1.54) is 132 Å². The molecule has 5 fully saturated rings. The Morgan fingerprint density at radius 2 is 1.05 bits per heavy atom. The van der Waals surface area contributed by atoms with Crippen LogP contribution < -0.4 is 4.90 Å². The summed E-state index contributed by atoms with van der Waals surface area (Å²) in [7, 11) is 0. The average Bonchev–Trinajstić information content (AvgIpc) is 3.60. The van der Waals surface area contributed by atoms with Crippen LogP contribution in [0.2, 0.25) is 0 Å². The molecule has 0 radical (unpaired) electrons. The van der Waals surface area contributed by atoms with Gasteiger partial charge in [0.25, 0.3) is 0 Å². The first kappa shape index (κ1) is 33.6. The largest absolute Gasteiger partial charge is 0.310 e. The van der Waals surface area contributed by atoms with Crippen molar-refractivity contribution in [2.45, 2.75) is 81.5 Å². The molecule has 7 aromatic carbocycles. The maximum absolute atomic E-state index is 2.61. The molecule has 0 N–H and O–H groups in total. The van der Waals surface area contributed by atoms with Crippen LogP contribution in [0.25, 0.3) is 44.2 Å². The van der Waals surface area contributed by atoms with Crippen molar-refractivity contribution in [2.75, 3.05) is 4.90 Å². The van der Waals surface area contributed by atoms with Crippen LogP contribution in [0.4, 0.5) is 17.1 Å². The van der Waals surface area contributed by atoms with E-state index in [9.17, 15) is 0 Å². The zero-order valence-electron chi connectivity index (χ0n) is 33.5. The summed E-state index contributed by atoms with van der Waals surface area (Å²) in [6.45, 7) is 0. The summed E-state index contributed by atoms with van der Waals surface area (Å²) >= 11 is 0. The molecule has 58 heavy (non-hydrogen) atoms. The van der Waals surface area contributed by atoms with Crippen molar-refractivity contribution in [2.24, 2.45) is 23.7 Å². The molecule has 0 saturated heterocycles. The fourth-order valence-electron chi connectivity index (χ4n) is 14.4. The highest BCUT2D eigenvalue weighted by Gasteiger charge is 2.59. The monoisotopic (exact) mass is 749 g/mol. The van der Waals surface area contributed by atoms with Crippen LogP contribution in [0.5, 0.6) is 0 Å². The number of nitrogens with zero attached hydrogens (tertiary/aromatic N) is 1. The van der Waals surface area contributed by atoms with E-state index in [2.05, 4.69) is 157 Å². The lowest BCUT2D eigenvalue weighted by Crippen LogP contribution is -2.48. The van der Waals surface area contributed by atoms with E-state index in [4.69, 9.17) is 0 Å². The fourth-order valence-corrected chi connectivity index (χ4v) is 14.4. The maximum Gasteiger partial charge on any atom is 0.0468 e. The molecule has 284 valence electrons. The maximum atomic E-state index is 2.61. The molecule has 7 aromatic rings. The molecule has 7 aliphatic carbocycles. The second-order valence-electron chi connectivity index (χ2n) is 19.1. The molecule has 7 aliphatic rings. The quantitative estimate of drug-likeness (QED) is 0.173. The summed E-state index contributed by atoms with van der Waals surface area (Å²) in [5.41, 5.74) is 18.8. The number of anilines is 3. The van der Waals surface area contributed by atoms with Crippen LogP contribution in [0.1, 0.15) is 92.9 Å². The van der Waals surface area contributed by atoms with Crippen LogP contribution in [-0.2, 0) is 10.8 Å². The molecule has 1 nitrogen and oxygen atoms in total. The van der Waals surface area contributed by atoms with Crippen molar-refractivity contribution in [3.63, 3.8) is 0 Å². The second-order valence-corrected chi connectivity index (χ2v) is 19.1. The van der Waals surface area contributed by atoms with Gasteiger partial charge in [-0.2, -0.15) is 0 Å². The zero-order valence-corrected chi connectivity index (χ0v) is 33.5. The first-order chi connectivity index (χ1) is 28.7. The molecule has 14 rings (SSSR count). The van der Waals surface area contributed by atoms with E-state index in [0.29, 0.717) is 0 Å². The van der Waals surface area contributed by atoms with Gasteiger partial charge in [-0.05, 0) is 171 Å². The summed E-state index contributed by atoms with van der Waals surface area (Å²) in [4.78, 5) is 2.59. The van der Waals surface area contributed by atoms with E-state index in [1.807, 2.05) is 0 Å². The average molecular weight is 750 g/mol. The van der Waals surface area contributed by atoms with Gasteiger partial charge in [0, 0.05) is 27.9 Å². The van der Waals surface area contributed by atoms with Crippen molar-refractivity contribution in [1.82, 2.24) is 0 Å². The zero-order chi connectivity index (χ0) is 38.0. The highest BCUT2D eigenvalue weighted by molar-refractivity contribution is 5.97. The minimum absolute atomic E-state index is 0.102. The van der Waals surface area contributed by atoms with Gasteiger partial charge in [0.2, 0.25) is 0 Å². The van der Waals surface area contributed by atoms with Crippen molar-refractivity contribution in [1.29, 1.82) is 0 Å². The number of hydrogen-bond acceptors (Lipinski definition) is 1. The highest BCUT2D eigenvalue weighted by Crippen LogP contribution is 2.68. The predicted octanol–water partition coefficient (Wildman–Crippen LogP) is 15.3. The Kier molecular flexibility index (Phi) is 7.26. The lowest BCUT2D eigenvalue weighted by atomic mass is 9.51. The van der Waals surface area contributed by atoms with Crippen molar-refractivity contribution in [3.05, 3.63) is 174 Å². The SMILES string of the molecule is c1ccc2c(c1)-c1ccc(N(c3ccc(-c4cccc5ccccc45)cc3)c3ccc4c(c3)-c3ccccc3C43C4CCC5CC(C4)CC3C5)cc1C21CCCCC1. The third kappa shape index (κ3) is 4.59. The Bertz CT molecular complexity index is 2750. The minimum atomic E-state index is 0.102.